The average Bonchev–Trinajstić information content (AvgIpc) is 2.56. The molecule has 6 nitrogen and oxygen atoms in total. The van der Waals surface area contributed by atoms with Gasteiger partial charge in [-0.05, 0) is 26.2 Å². The van der Waals surface area contributed by atoms with Crippen LogP contribution in [-0.2, 0) is 9.47 Å². The van der Waals surface area contributed by atoms with Gasteiger partial charge in [-0.1, -0.05) is 20.8 Å². The Morgan fingerprint density at radius 3 is 2.32 bits per heavy atom. The molecule has 1 heterocycles. The fourth-order valence-electron chi connectivity index (χ4n) is 1.89. The minimum absolute atomic E-state index is 0.256. The first-order chi connectivity index (χ1) is 8.49. The molecule has 1 saturated heterocycles. The molecule has 6 heteroatoms. The van der Waals surface area contributed by atoms with Crippen LogP contribution in [0.4, 0.5) is 9.59 Å². The third-order valence-corrected chi connectivity index (χ3v) is 2.68. The lowest BCUT2D eigenvalue weighted by Crippen LogP contribution is -2.53. The Bertz CT molecular complexity index is 355. The summed E-state index contributed by atoms with van der Waals surface area (Å²) in [5, 5.41) is 5.39. The first kappa shape index (κ1) is 15.6. The Kier molecular flexibility index (Phi) is 4.32. The van der Waals surface area contributed by atoms with Crippen LogP contribution in [0.25, 0.3) is 0 Å². The third-order valence-electron chi connectivity index (χ3n) is 2.68. The summed E-state index contributed by atoms with van der Waals surface area (Å²) in [7, 11) is 0. The molecule has 1 aliphatic heterocycles. The molecule has 2 atom stereocenters. The van der Waals surface area contributed by atoms with Gasteiger partial charge in [-0.3, -0.25) is 0 Å². The quantitative estimate of drug-likeness (QED) is 0.806. The van der Waals surface area contributed by atoms with Crippen LogP contribution in [0.1, 0.15) is 41.5 Å². The fraction of sp³-hybridized carbons (Fsp3) is 0.846. The fourth-order valence-corrected chi connectivity index (χ4v) is 1.89. The standard InChI is InChI=1S/C13H24N2O4/c1-12(2,3)9(8-7-14-10(16)18-8)15-11(17)19-13(4,5)6/h8-9H,7H2,1-6H3,(H,14,16)(H,15,17). The first-order valence-electron chi connectivity index (χ1n) is 6.43. The van der Waals surface area contributed by atoms with Crippen LogP contribution in [0, 0.1) is 5.41 Å². The number of hydrogen-bond donors (Lipinski definition) is 2. The summed E-state index contributed by atoms with van der Waals surface area (Å²) < 4.78 is 10.4. The van der Waals surface area contributed by atoms with Crippen LogP contribution in [-0.4, -0.2) is 36.5 Å². The minimum Gasteiger partial charge on any atom is -0.444 e. The van der Waals surface area contributed by atoms with Crippen LogP contribution in [0.2, 0.25) is 0 Å². The molecule has 110 valence electrons. The van der Waals surface area contributed by atoms with Crippen molar-refractivity contribution >= 4 is 12.2 Å². The normalized spacial score (nSPS) is 21.4. The van der Waals surface area contributed by atoms with Crippen molar-refractivity contribution in [2.75, 3.05) is 6.54 Å². The van der Waals surface area contributed by atoms with Crippen molar-refractivity contribution in [3.05, 3.63) is 0 Å². The number of rotatable bonds is 2. The van der Waals surface area contributed by atoms with Crippen molar-refractivity contribution in [2.45, 2.75) is 59.3 Å². The van der Waals surface area contributed by atoms with Gasteiger partial charge in [0.1, 0.15) is 11.7 Å². The molecule has 0 saturated carbocycles. The summed E-state index contributed by atoms with van der Waals surface area (Å²) in [6.07, 6.45) is -1.35. The zero-order valence-corrected chi connectivity index (χ0v) is 12.5. The summed E-state index contributed by atoms with van der Waals surface area (Å²) in [4.78, 5) is 23.0. The van der Waals surface area contributed by atoms with E-state index >= 15 is 0 Å². The average molecular weight is 272 g/mol. The van der Waals surface area contributed by atoms with E-state index in [2.05, 4.69) is 10.6 Å². The topological polar surface area (TPSA) is 76.7 Å². The van der Waals surface area contributed by atoms with Crippen molar-refractivity contribution < 1.29 is 19.1 Å². The zero-order chi connectivity index (χ0) is 14.8. The molecule has 19 heavy (non-hydrogen) atoms. The summed E-state index contributed by atoms with van der Waals surface area (Å²) in [5.41, 5.74) is -0.814. The van der Waals surface area contributed by atoms with Crippen LogP contribution in [0.15, 0.2) is 0 Å². The van der Waals surface area contributed by atoms with Gasteiger partial charge < -0.3 is 20.1 Å². The van der Waals surface area contributed by atoms with E-state index in [1.54, 1.807) is 20.8 Å². The molecule has 2 N–H and O–H groups in total. The summed E-state index contributed by atoms with van der Waals surface area (Å²) >= 11 is 0. The number of nitrogens with one attached hydrogen (secondary N) is 2. The Morgan fingerprint density at radius 1 is 1.37 bits per heavy atom. The predicted molar refractivity (Wildman–Crippen MR) is 70.9 cm³/mol. The van der Waals surface area contributed by atoms with E-state index in [0.717, 1.165) is 0 Å². The van der Waals surface area contributed by atoms with Gasteiger partial charge in [0, 0.05) is 0 Å². The lowest BCUT2D eigenvalue weighted by atomic mass is 9.83. The Labute approximate surface area is 114 Å². The summed E-state index contributed by atoms with van der Waals surface area (Å²) in [6, 6.07) is -0.318. The number of ether oxygens (including phenoxy) is 2. The second kappa shape index (κ2) is 5.27. The molecule has 0 spiro atoms. The highest BCUT2D eigenvalue weighted by Crippen LogP contribution is 2.25. The molecule has 1 fully saturated rings. The van der Waals surface area contributed by atoms with Crippen molar-refractivity contribution in [2.24, 2.45) is 5.41 Å². The van der Waals surface area contributed by atoms with E-state index in [9.17, 15) is 9.59 Å². The molecule has 0 aromatic carbocycles. The number of carbonyl (C=O) groups is 2. The van der Waals surface area contributed by atoms with Crippen LogP contribution in [0.3, 0.4) is 0 Å². The van der Waals surface area contributed by atoms with E-state index in [0.29, 0.717) is 6.54 Å². The molecule has 0 aliphatic carbocycles. The first-order valence-corrected chi connectivity index (χ1v) is 6.43. The van der Waals surface area contributed by atoms with Gasteiger partial charge >= 0.3 is 12.2 Å². The Hall–Kier alpha value is -1.46. The highest BCUT2D eigenvalue weighted by atomic mass is 16.6. The molecule has 0 aromatic heterocycles. The molecule has 0 radical (unpaired) electrons. The maximum atomic E-state index is 11.9. The molecule has 2 unspecified atom stereocenters. The number of amides is 2. The summed E-state index contributed by atoms with van der Waals surface area (Å²) in [6.45, 7) is 11.7. The van der Waals surface area contributed by atoms with Gasteiger partial charge in [0.25, 0.3) is 0 Å². The van der Waals surface area contributed by atoms with Gasteiger partial charge in [-0.25, -0.2) is 9.59 Å². The van der Waals surface area contributed by atoms with Gasteiger partial charge in [0.05, 0.1) is 12.6 Å². The van der Waals surface area contributed by atoms with Crippen LogP contribution >= 0.6 is 0 Å². The molecular formula is C13H24N2O4. The lowest BCUT2D eigenvalue weighted by molar-refractivity contribution is 0.0314. The third kappa shape index (κ3) is 4.96. The maximum Gasteiger partial charge on any atom is 0.408 e. The van der Waals surface area contributed by atoms with Crippen molar-refractivity contribution in [3.63, 3.8) is 0 Å². The van der Waals surface area contributed by atoms with Gasteiger partial charge in [-0.2, -0.15) is 0 Å². The Balaban J connectivity index is 2.71. The number of alkyl carbamates (subject to hydrolysis) is 2. The highest BCUT2D eigenvalue weighted by Gasteiger charge is 2.39. The lowest BCUT2D eigenvalue weighted by Gasteiger charge is -2.34. The van der Waals surface area contributed by atoms with Crippen molar-refractivity contribution in [3.8, 4) is 0 Å². The van der Waals surface area contributed by atoms with E-state index in [1.807, 2.05) is 20.8 Å². The summed E-state index contributed by atoms with van der Waals surface area (Å²) in [5.74, 6) is 0. The SMILES string of the molecule is CC(C)(C)OC(=O)NC(C1CNC(=O)O1)C(C)(C)C. The van der Waals surface area contributed by atoms with Crippen molar-refractivity contribution in [1.29, 1.82) is 0 Å². The largest absolute Gasteiger partial charge is 0.444 e. The van der Waals surface area contributed by atoms with E-state index in [-0.39, 0.29) is 17.6 Å². The molecule has 0 bridgehead atoms. The molecule has 0 aromatic rings. The van der Waals surface area contributed by atoms with Gasteiger partial charge in [0.2, 0.25) is 0 Å². The highest BCUT2D eigenvalue weighted by molar-refractivity contribution is 5.71. The van der Waals surface area contributed by atoms with E-state index < -0.39 is 17.8 Å². The predicted octanol–water partition coefficient (Wildman–Crippen LogP) is 2.03. The van der Waals surface area contributed by atoms with Crippen LogP contribution in [0.5, 0.6) is 0 Å². The molecule has 1 aliphatic rings. The number of cyclic esters (lactones) is 1. The zero-order valence-electron chi connectivity index (χ0n) is 12.5. The molecular weight excluding hydrogens is 248 g/mol. The van der Waals surface area contributed by atoms with E-state index in [1.165, 1.54) is 0 Å². The van der Waals surface area contributed by atoms with Crippen LogP contribution < -0.4 is 10.6 Å². The number of carbonyl (C=O) groups excluding carboxylic acids is 2. The van der Waals surface area contributed by atoms with Gasteiger partial charge in [0.15, 0.2) is 0 Å². The van der Waals surface area contributed by atoms with Gasteiger partial charge in [-0.15, -0.1) is 0 Å². The molecule has 1 rings (SSSR count). The smallest absolute Gasteiger partial charge is 0.408 e. The number of hydrogen-bond acceptors (Lipinski definition) is 4. The van der Waals surface area contributed by atoms with E-state index in [4.69, 9.17) is 9.47 Å². The minimum atomic E-state index is -0.558. The second-order valence-corrected chi connectivity index (χ2v) is 6.81. The van der Waals surface area contributed by atoms with Crippen molar-refractivity contribution in [1.82, 2.24) is 10.6 Å². The Morgan fingerprint density at radius 2 is 1.95 bits per heavy atom. The maximum absolute atomic E-state index is 11.9. The molecule has 2 amide bonds. The monoisotopic (exact) mass is 272 g/mol. The second-order valence-electron chi connectivity index (χ2n) is 6.81.